The van der Waals surface area contributed by atoms with Crippen LogP contribution in [0.5, 0.6) is 5.75 Å². The third kappa shape index (κ3) is 4.71. The molecule has 0 fully saturated rings. The summed E-state index contributed by atoms with van der Waals surface area (Å²) < 4.78 is 46.5. The van der Waals surface area contributed by atoms with Crippen molar-refractivity contribution < 1.29 is 26.9 Å². The molecule has 0 saturated heterocycles. The van der Waals surface area contributed by atoms with E-state index in [1.54, 1.807) is 0 Å². The fourth-order valence-corrected chi connectivity index (χ4v) is 4.20. The zero-order valence-corrected chi connectivity index (χ0v) is 11.2. The summed E-state index contributed by atoms with van der Waals surface area (Å²) in [5.74, 6) is -0.675. The van der Waals surface area contributed by atoms with Crippen molar-refractivity contribution in [1.29, 1.82) is 0 Å². The van der Waals surface area contributed by atoms with E-state index in [1.165, 1.54) is 0 Å². The van der Waals surface area contributed by atoms with Crippen molar-refractivity contribution in [3.8, 4) is 5.75 Å². The lowest BCUT2D eigenvalue weighted by Gasteiger charge is -2.08. The fourth-order valence-electron chi connectivity index (χ4n) is 1.20. The number of nitro groups is 1. The Hall–Kier alpha value is -1.88. The topological polar surface area (TPSA) is 144 Å². The van der Waals surface area contributed by atoms with E-state index >= 15 is 0 Å². The number of phenols is 1. The summed E-state index contributed by atoms with van der Waals surface area (Å²) in [6.07, 6.45) is 0.738. The van der Waals surface area contributed by atoms with Gasteiger partial charge in [0.05, 0.1) is 16.7 Å². The number of phenolic OH excluding ortho intramolecular Hbond substituents is 1. The minimum absolute atomic E-state index is 0.339. The summed E-state index contributed by atoms with van der Waals surface area (Å²) in [6, 6.07) is 2.68. The number of non-ortho nitro benzene ring substituents is 1. The summed E-state index contributed by atoms with van der Waals surface area (Å²) in [6.45, 7) is 0. The number of sulfone groups is 1. The molecule has 0 radical (unpaired) electrons. The summed E-state index contributed by atoms with van der Waals surface area (Å²) >= 11 is 0. The molecule has 0 aliphatic rings. The molecule has 0 saturated carbocycles. The Morgan fingerprint density at radius 3 is 2.32 bits per heavy atom. The molecule has 1 rings (SSSR count). The molecule has 0 atom stereocenters. The van der Waals surface area contributed by atoms with Crippen LogP contribution in [0.3, 0.4) is 0 Å². The molecule has 2 N–H and O–H groups in total. The molecule has 1 aromatic rings. The number of nitrogens with one attached hydrogen (secondary N) is 1. The summed E-state index contributed by atoms with van der Waals surface area (Å²) in [7, 11) is -7.99. The van der Waals surface area contributed by atoms with E-state index in [1.807, 2.05) is 4.72 Å². The number of nitro benzene ring substituents is 1. The molecule has 0 heterocycles. The molecule has 0 aliphatic carbocycles. The Kier molecular flexibility index (Phi) is 4.00. The zero-order chi connectivity index (χ0) is 14.8. The van der Waals surface area contributed by atoms with Gasteiger partial charge in [-0.2, -0.15) is 0 Å². The van der Waals surface area contributed by atoms with E-state index in [0.717, 1.165) is 24.5 Å². The lowest BCUT2D eigenvalue weighted by atomic mass is 10.3. The number of hydrogen-bond acceptors (Lipinski definition) is 7. The molecule has 1 aromatic carbocycles. The maximum absolute atomic E-state index is 11.5. The van der Waals surface area contributed by atoms with E-state index in [2.05, 4.69) is 0 Å². The second-order valence-electron chi connectivity index (χ2n) is 3.72. The van der Waals surface area contributed by atoms with Crippen molar-refractivity contribution in [2.45, 2.75) is 0 Å². The third-order valence-corrected chi connectivity index (χ3v) is 5.31. The molecule has 106 valence electrons. The summed E-state index contributed by atoms with van der Waals surface area (Å²) in [4.78, 5) is 9.64. The van der Waals surface area contributed by atoms with Gasteiger partial charge >= 0.3 is 0 Å². The Bertz CT molecular complexity index is 709. The summed E-state index contributed by atoms with van der Waals surface area (Å²) in [5, 5.41) is 18.7. The smallest absolute Gasteiger partial charge is 0.273 e. The van der Waals surface area contributed by atoms with E-state index in [-0.39, 0.29) is 5.69 Å². The van der Waals surface area contributed by atoms with Crippen LogP contribution in [0.1, 0.15) is 0 Å². The van der Waals surface area contributed by atoms with Crippen LogP contribution in [0.2, 0.25) is 0 Å². The van der Waals surface area contributed by atoms with Gasteiger partial charge in [-0.25, -0.2) is 16.8 Å². The Labute approximate surface area is 109 Å². The highest BCUT2D eigenvalue weighted by Gasteiger charge is 2.20. The van der Waals surface area contributed by atoms with Crippen LogP contribution >= 0.6 is 0 Å². The fraction of sp³-hybridized carbons (Fsp3) is 0.250. The van der Waals surface area contributed by atoms with Crippen LogP contribution < -0.4 is 4.72 Å². The van der Waals surface area contributed by atoms with Gasteiger partial charge in [0.15, 0.2) is 14.9 Å². The highest BCUT2D eigenvalue weighted by Crippen LogP contribution is 2.28. The van der Waals surface area contributed by atoms with E-state index in [4.69, 9.17) is 0 Å². The molecule has 0 bridgehead atoms. The van der Waals surface area contributed by atoms with Gasteiger partial charge in [-0.15, -0.1) is 0 Å². The van der Waals surface area contributed by atoms with Crippen molar-refractivity contribution in [3.05, 3.63) is 28.3 Å². The van der Waals surface area contributed by atoms with E-state index in [9.17, 15) is 32.1 Å². The molecule has 0 spiro atoms. The maximum Gasteiger partial charge on any atom is 0.273 e. The summed E-state index contributed by atoms with van der Waals surface area (Å²) in [5.41, 5.74) is -0.766. The molecule has 11 heteroatoms. The van der Waals surface area contributed by atoms with E-state index in [0.29, 0.717) is 0 Å². The minimum atomic E-state index is -4.22. The quantitative estimate of drug-likeness (QED) is 0.444. The largest absolute Gasteiger partial charge is 0.505 e. The van der Waals surface area contributed by atoms with Crippen LogP contribution in [-0.4, -0.2) is 38.2 Å². The van der Waals surface area contributed by atoms with Gasteiger partial charge in [-0.05, 0) is 6.07 Å². The van der Waals surface area contributed by atoms with Crippen molar-refractivity contribution in [3.63, 3.8) is 0 Å². The molecular weight excluding hydrogens is 300 g/mol. The Balaban J connectivity index is 3.04. The van der Waals surface area contributed by atoms with E-state index < -0.39 is 41.3 Å². The highest BCUT2D eigenvalue weighted by atomic mass is 32.3. The van der Waals surface area contributed by atoms with Crippen molar-refractivity contribution >= 4 is 31.2 Å². The molecule has 0 amide bonds. The number of aromatic hydroxyl groups is 1. The SMILES string of the molecule is CS(=O)(=O)CS(=O)(=O)Nc1ccc([N+](=O)[O-])cc1O. The van der Waals surface area contributed by atoms with Crippen molar-refractivity contribution in [1.82, 2.24) is 0 Å². The average molecular weight is 310 g/mol. The number of hydrogen-bond donors (Lipinski definition) is 2. The molecule has 9 nitrogen and oxygen atoms in total. The second kappa shape index (κ2) is 5.01. The monoisotopic (exact) mass is 310 g/mol. The van der Waals surface area contributed by atoms with Crippen LogP contribution in [0.25, 0.3) is 0 Å². The number of rotatable bonds is 5. The first kappa shape index (κ1) is 15.2. The second-order valence-corrected chi connectivity index (χ2v) is 7.95. The van der Waals surface area contributed by atoms with Crippen LogP contribution in [0, 0.1) is 10.1 Å². The molecule has 0 aliphatic heterocycles. The predicted molar refractivity (Wildman–Crippen MR) is 67.0 cm³/mol. The van der Waals surface area contributed by atoms with Gasteiger partial charge in [0.1, 0.15) is 5.75 Å². The Morgan fingerprint density at radius 1 is 1.32 bits per heavy atom. The van der Waals surface area contributed by atoms with Gasteiger partial charge in [-0.3, -0.25) is 14.8 Å². The number of benzene rings is 1. The van der Waals surface area contributed by atoms with Gasteiger partial charge in [0, 0.05) is 12.3 Å². The van der Waals surface area contributed by atoms with Crippen LogP contribution in [0.4, 0.5) is 11.4 Å². The number of anilines is 1. The molecule has 0 unspecified atom stereocenters. The van der Waals surface area contributed by atoms with Crippen LogP contribution in [0.15, 0.2) is 18.2 Å². The molecular formula is C8H10N2O7S2. The lowest BCUT2D eigenvalue weighted by molar-refractivity contribution is -0.384. The number of sulfonamides is 1. The standard InChI is InChI=1S/C8H10N2O7S2/c1-18(14,15)5-19(16,17)9-7-3-2-6(10(12)13)4-8(7)11/h2-4,9,11H,5H2,1H3. The van der Waals surface area contributed by atoms with Crippen molar-refractivity contribution in [2.24, 2.45) is 0 Å². The average Bonchev–Trinajstić information content (AvgIpc) is 2.16. The first-order valence-electron chi connectivity index (χ1n) is 4.66. The maximum atomic E-state index is 11.5. The predicted octanol–water partition coefficient (Wildman–Crippen LogP) is 0.0442. The first-order chi connectivity index (χ1) is 8.50. The minimum Gasteiger partial charge on any atom is -0.505 e. The van der Waals surface area contributed by atoms with Crippen molar-refractivity contribution in [2.75, 3.05) is 16.1 Å². The zero-order valence-electron chi connectivity index (χ0n) is 9.60. The Morgan fingerprint density at radius 2 is 1.89 bits per heavy atom. The first-order valence-corrected chi connectivity index (χ1v) is 8.37. The van der Waals surface area contributed by atoms with Gasteiger partial charge < -0.3 is 5.11 Å². The number of nitrogens with zero attached hydrogens (tertiary/aromatic N) is 1. The normalized spacial score (nSPS) is 12.1. The van der Waals surface area contributed by atoms with Gasteiger partial charge in [0.25, 0.3) is 5.69 Å². The van der Waals surface area contributed by atoms with Gasteiger partial charge in [-0.1, -0.05) is 0 Å². The van der Waals surface area contributed by atoms with Gasteiger partial charge in [0.2, 0.25) is 10.0 Å². The third-order valence-electron chi connectivity index (χ3n) is 1.83. The van der Waals surface area contributed by atoms with Crippen LogP contribution in [-0.2, 0) is 19.9 Å². The highest BCUT2D eigenvalue weighted by molar-refractivity contribution is 8.08. The lowest BCUT2D eigenvalue weighted by Crippen LogP contribution is -2.22. The molecule has 0 aromatic heterocycles. The molecule has 19 heavy (non-hydrogen) atoms.